The van der Waals surface area contributed by atoms with Gasteiger partial charge in [0.2, 0.25) is 0 Å². The van der Waals surface area contributed by atoms with Gasteiger partial charge in [0.1, 0.15) is 11.6 Å². The van der Waals surface area contributed by atoms with E-state index in [1.54, 1.807) is 28.9 Å². The smallest absolute Gasteiger partial charge is 0.364 e. The number of nitrogens with zero attached hydrogens (tertiary/aromatic N) is 2. The molecule has 0 aliphatic heterocycles. The highest BCUT2D eigenvalue weighted by Crippen LogP contribution is 2.28. The average molecular weight is 336 g/mol. The lowest BCUT2D eigenvalue weighted by Crippen LogP contribution is -2.13. The zero-order valence-electron chi connectivity index (χ0n) is 13.6. The van der Waals surface area contributed by atoms with Crippen LogP contribution in [0.15, 0.2) is 54.6 Å². The second-order valence-electron chi connectivity index (χ2n) is 6.07. The Hall–Kier alpha value is -2.95. The zero-order chi connectivity index (χ0) is 17.2. The van der Waals surface area contributed by atoms with Crippen LogP contribution >= 0.6 is 0 Å². The monoisotopic (exact) mass is 336 g/mol. The molecule has 1 aliphatic carbocycles. The van der Waals surface area contributed by atoms with E-state index in [0.717, 1.165) is 42.6 Å². The van der Waals surface area contributed by atoms with Crippen molar-refractivity contribution in [2.75, 3.05) is 0 Å². The van der Waals surface area contributed by atoms with Crippen LogP contribution in [-0.2, 0) is 12.8 Å². The highest BCUT2D eigenvalue weighted by molar-refractivity contribution is 5.91. The largest absolute Gasteiger partial charge is 0.422 e. The van der Waals surface area contributed by atoms with Crippen molar-refractivity contribution in [3.63, 3.8) is 0 Å². The van der Waals surface area contributed by atoms with Crippen molar-refractivity contribution in [1.82, 2.24) is 9.78 Å². The molecule has 0 bridgehead atoms. The summed E-state index contributed by atoms with van der Waals surface area (Å²) in [6, 6.07) is 15.1. The molecule has 25 heavy (non-hydrogen) atoms. The molecular weight excluding hydrogens is 319 g/mol. The molecule has 0 unspecified atom stereocenters. The molecule has 126 valence electrons. The minimum atomic E-state index is -0.454. The SMILES string of the molecule is O=C(Oc1ccccc1)c1nn(-c2ccc(F)cc2)c2c1CCCC2. The van der Waals surface area contributed by atoms with E-state index in [2.05, 4.69) is 5.10 Å². The number of hydrogen-bond donors (Lipinski definition) is 0. The fourth-order valence-electron chi connectivity index (χ4n) is 3.20. The number of carbonyl (C=O) groups is 1. The third-order valence-corrected chi connectivity index (χ3v) is 4.40. The highest BCUT2D eigenvalue weighted by atomic mass is 19.1. The van der Waals surface area contributed by atoms with E-state index in [9.17, 15) is 9.18 Å². The van der Waals surface area contributed by atoms with Crippen LogP contribution in [-0.4, -0.2) is 15.7 Å². The predicted octanol–water partition coefficient (Wildman–Crippen LogP) is 4.11. The number of para-hydroxylation sites is 1. The van der Waals surface area contributed by atoms with Gasteiger partial charge in [-0.3, -0.25) is 0 Å². The van der Waals surface area contributed by atoms with Crippen LogP contribution in [0, 0.1) is 5.82 Å². The fourth-order valence-corrected chi connectivity index (χ4v) is 3.20. The molecule has 2 aromatic carbocycles. The summed E-state index contributed by atoms with van der Waals surface area (Å²) in [6.07, 6.45) is 3.72. The van der Waals surface area contributed by atoms with Gasteiger partial charge in [0, 0.05) is 11.3 Å². The molecular formula is C20H17FN2O2. The highest BCUT2D eigenvalue weighted by Gasteiger charge is 2.26. The van der Waals surface area contributed by atoms with Gasteiger partial charge in [-0.25, -0.2) is 13.9 Å². The van der Waals surface area contributed by atoms with Gasteiger partial charge in [-0.1, -0.05) is 18.2 Å². The second-order valence-corrected chi connectivity index (χ2v) is 6.07. The van der Waals surface area contributed by atoms with Gasteiger partial charge in [-0.05, 0) is 62.1 Å². The summed E-state index contributed by atoms with van der Waals surface area (Å²) in [5.41, 5.74) is 3.05. The van der Waals surface area contributed by atoms with E-state index in [0.29, 0.717) is 11.4 Å². The average Bonchev–Trinajstić information content (AvgIpc) is 3.03. The van der Waals surface area contributed by atoms with Crippen LogP contribution in [0.5, 0.6) is 5.75 Å². The molecule has 5 heteroatoms. The summed E-state index contributed by atoms with van der Waals surface area (Å²) >= 11 is 0. The van der Waals surface area contributed by atoms with E-state index in [1.807, 2.05) is 18.2 Å². The van der Waals surface area contributed by atoms with Gasteiger partial charge in [0.05, 0.1) is 5.69 Å². The summed E-state index contributed by atoms with van der Waals surface area (Å²) in [5.74, 6) is -0.257. The van der Waals surface area contributed by atoms with Gasteiger partial charge in [-0.2, -0.15) is 5.10 Å². The Balaban J connectivity index is 1.73. The molecule has 4 nitrogen and oxygen atoms in total. The number of hydrogen-bond acceptors (Lipinski definition) is 3. The minimum absolute atomic E-state index is 0.298. The summed E-state index contributed by atoms with van der Waals surface area (Å²) in [6.45, 7) is 0. The predicted molar refractivity (Wildman–Crippen MR) is 91.6 cm³/mol. The van der Waals surface area contributed by atoms with Crippen molar-refractivity contribution in [3.8, 4) is 11.4 Å². The van der Waals surface area contributed by atoms with E-state index < -0.39 is 5.97 Å². The van der Waals surface area contributed by atoms with E-state index in [-0.39, 0.29) is 5.82 Å². The van der Waals surface area contributed by atoms with E-state index >= 15 is 0 Å². The lowest BCUT2D eigenvalue weighted by Gasteiger charge is -2.14. The maximum atomic E-state index is 13.2. The maximum absolute atomic E-state index is 13.2. The Morgan fingerprint density at radius 2 is 1.72 bits per heavy atom. The molecule has 1 aromatic heterocycles. The molecule has 0 saturated heterocycles. The summed E-state index contributed by atoms with van der Waals surface area (Å²) in [7, 11) is 0. The number of fused-ring (bicyclic) bond motifs is 1. The first-order valence-electron chi connectivity index (χ1n) is 8.36. The first-order valence-corrected chi connectivity index (χ1v) is 8.36. The molecule has 0 fully saturated rings. The minimum Gasteiger partial charge on any atom is -0.422 e. The van der Waals surface area contributed by atoms with Crippen LogP contribution < -0.4 is 4.74 Å². The number of ether oxygens (including phenoxy) is 1. The van der Waals surface area contributed by atoms with E-state index in [4.69, 9.17) is 4.74 Å². The molecule has 0 N–H and O–H groups in total. The van der Waals surface area contributed by atoms with Gasteiger partial charge < -0.3 is 4.74 Å². The molecule has 0 saturated carbocycles. The maximum Gasteiger partial charge on any atom is 0.364 e. The van der Waals surface area contributed by atoms with Gasteiger partial charge in [0.15, 0.2) is 5.69 Å². The second kappa shape index (κ2) is 6.51. The number of esters is 1. The van der Waals surface area contributed by atoms with Crippen LogP contribution in [0.25, 0.3) is 5.69 Å². The van der Waals surface area contributed by atoms with E-state index in [1.165, 1.54) is 12.1 Å². The summed E-state index contributed by atoms with van der Waals surface area (Å²) in [4.78, 5) is 12.6. The summed E-state index contributed by atoms with van der Waals surface area (Å²) < 4.78 is 20.4. The number of halogens is 1. The molecule has 0 amide bonds. The van der Waals surface area contributed by atoms with Crippen molar-refractivity contribution >= 4 is 5.97 Å². The molecule has 0 atom stereocenters. The van der Waals surface area contributed by atoms with Crippen molar-refractivity contribution in [1.29, 1.82) is 0 Å². The molecule has 4 rings (SSSR count). The molecule has 1 aliphatic rings. The Morgan fingerprint density at radius 3 is 2.48 bits per heavy atom. The van der Waals surface area contributed by atoms with Gasteiger partial charge in [0.25, 0.3) is 0 Å². The normalized spacial score (nSPS) is 13.3. The zero-order valence-corrected chi connectivity index (χ0v) is 13.6. The topological polar surface area (TPSA) is 44.1 Å². The van der Waals surface area contributed by atoms with Crippen molar-refractivity contribution in [2.45, 2.75) is 25.7 Å². The first kappa shape index (κ1) is 15.6. The molecule has 3 aromatic rings. The van der Waals surface area contributed by atoms with Crippen LogP contribution in [0.4, 0.5) is 4.39 Å². The molecule has 0 spiro atoms. The third-order valence-electron chi connectivity index (χ3n) is 4.40. The Kier molecular flexibility index (Phi) is 4.06. The first-order chi connectivity index (χ1) is 12.2. The van der Waals surface area contributed by atoms with Crippen LogP contribution in [0.3, 0.4) is 0 Å². The Bertz CT molecular complexity index is 901. The van der Waals surface area contributed by atoms with Gasteiger partial charge in [-0.15, -0.1) is 0 Å². The molecule has 0 radical (unpaired) electrons. The quantitative estimate of drug-likeness (QED) is 0.534. The third kappa shape index (κ3) is 3.05. The van der Waals surface area contributed by atoms with Crippen molar-refractivity contribution < 1.29 is 13.9 Å². The Labute approximate surface area is 144 Å². The Morgan fingerprint density at radius 1 is 1.00 bits per heavy atom. The van der Waals surface area contributed by atoms with Crippen molar-refractivity contribution in [2.24, 2.45) is 0 Å². The number of aromatic nitrogens is 2. The van der Waals surface area contributed by atoms with Gasteiger partial charge >= 0.3 is 5.97 Å². The van der Waals surface area contributed by atoms with Crippen LogP contribution in [0.2, 0.25) is 0 Å². The number of rotatable bonds is 3. The fraction of sp³-hybridized carbons (Fsp3) is 0.200. The van der Waals surface area contributed by atoms with Crippen molar-refractivity contribution in [3.05, 3.63) is 77.4 Å². The molecule has 1 heterocycles. The standard InChI is InChI=1S/C20H17FN2O2/c21-14-10-12-15(13-11-14)23-18-9-5-4-8-17(18)19(22-23)20(24)25-16-6-2-1-3-7-16/h1-3,6-7,10-13H,4-5,8-9H2. The summed E-state index contributed by atoms with van der Waals surface area (Å²) in [5, 5.41) is 4.51. The lowest BCUT2D eigenvalue weighted by atomic mass is 9.95. The number of carbonyl (C=O) groups excluding carboxylic acids is 1. The van der Waals surface area contributed by atoms with Crippen LogP contribution in [0.1, 0.15) is 34.6 Å². The number of benzene rings is 2. The lowest BCUT2D eigenvalue weighted by molar-refractivity contribution is 0.0727.